The maximum Gasteiger partial charge on any atom is 0.139 e. The second-order valence-electron chi connectivity index (χ2n) is 4.55. The molecule has 1 rings (SSSR count). The van der Waals surface area contributed by atoms with Crippen LogP contribution in [-0.4, -0.2) is 5.78 Å². The van der Waals surface area contributed by atoms with Gasteiger partial charge in [0.1, 0.15) is 5.78 Å². The molecule has 0 aromatic carbocycles. The summed E-state index contributed by atoms with van der Waals surface area (Å²) >= 11 is 0. The molecule has 74 valence electrons. The number of hydrogen-bond donors (Lipinski definition) is 0. The third-order valence-corrected chi connectivity index (χ3v) is 3.55. The highest BCUT2D eigenvalue weighted by atomic mass is 16.1. The first-order valence-electron chi connectivity index (χ1n) is 5.19. The van der Waals surface area contributed by atoms with Crippen LogP contribution in [0.5, 0.6) is 0 Å². The Kier molecular flexibility index (Phi) is 2.94. The summed E-state index contributed by atoms with van der Waals surface area (Å²) in [7, 11) is 0. The lowest BCUT2D eigenvalue weighted by Crippen LogP contribution is -2.36. The average Bonchev–Trinajstić information content (AvgIpc) is 2.11. The summed E-state index contributed by atoms with van der Waals surface area (Å²) in [6.07, 6.45) is 4.93. The minimum Gasteiger partial charge on any atom is -0.299 e. The standard InChI is InChI=1S/C12H20O/c1-5-11(13)12(4)7-6-9(2)8-10(12)3/h6,10H,5,7-8H2,1-4H3. The summed E-state index contributed by atoms with van der Waals surface area (Å²) in [6, 6.07) is 0. The summed E-state index contributed by atoms with van der Waals surface area (Å²) < 4.78 is 0. The van der Waals surface area contributed by atoms with Crippen molar-refractivity contribution in [2.45, 2.75) is 47.0 Å². The predicted octanol–water partition coefficient (Wildman–Crippen LogP) is 3.35. The zero-order valence-electron chi connectivity index (χ0n) is 9.18. The Balaban J connectivity index is 2.86. The highest BCUT2D eigenvalue weighted by Gasteiger charge is 2.38. The molecule has 1 aliphatic rings. The number of hydrogen-bond acceptors (Lipinski definition) is 1. The second-order valence-corrected chi connectivity index (χ2v) is 4.55. The number of carbonyl (C=O) groups excluding carboxylic acids is 1. The Morgan fingerprint density at radius 2 is 2.31 bits per heavy atom. The topological polar surface area (TPSA) is 17.1 Å². The molecule has 0 amide bonds. The van der Waals surface area contributed by atoms with Crippen LogP contribution in [0.2, 0.25) is 0 Å². The summed E-state index contributed by atoms with van der Waals surface area (Å²) in [4.78, 5) is 11.8. The van der Waals surface area contributed by atoms with Crippen LogP contribution in [0.3, 0.4) is 0 Å². The smallest absolute Gasteiger partial charge is 0.139 e. The number of allylic oxidation sites excluding steroid dienone is 2. The number of rotatable bonds is 2. The molecule has 2 atom stereocenters. The molecule has 0 radical (unpaired) electrons. The van der Waals surface area contributed by atoms with E-state index in [1.165, 1.54) is 5.57 Å². The maximum atomic E-state index is 11.8. The van der Waals surface area contributed by atoms with Crippen LogP contribution >= 0.6 is 0 Å². The van der Waals surface area contributed by atoms with E-state index in [2.05, 4.69) is 26.8 Å². The number of Topliss-reactive ketones (excluding diaryl/α,β-unsaturated/α-hetero) is 1. The minimum absolute atomic E-state index is 0.0890. The van der Waals surface area contributed by atoms with Crippen molar-refractivity contribution in [3.8, 4) is 0 Å². The van der Waals surface area contributed by atoms with Crippen LogP contribution in [0, 0.1) is 11.3 Å². The lowest BCUT2D eigenvalue weighted by Gasteiger charge is -2.37. The molecule has 0 aliphatic heterocycles. The lowest BCUT2D eigenvalue weighted by molar-refractivity contribution is -0.130. The largest absolute Gasteiger partial charge is 0.299 e. The van der Waals surface area contributed by atoms with E-state index in [0.717, 1.165) is 12.8 Å². The van der Waals surface area contributed by atoms with Crippen molar-refractivity contribution in [2.75, 3.05) is 0 Å². The summed E-state index contributed by atoms with van der Waals surface area (Å²) in [5.74, 6) is 0.925. The molecule has 0 N–H and O–H groups in total. The minimum atomic E-state index is -0.0890. The van der Waals surface area contributed by atoms with Gasteiger partial charge < -0.3 is 0 Å². The third kappa shape index (κ3) is 1.84. The van der Waals surface area contributed by atoms with E-state index >= 15 is 0 Å². The van der Waals surface area contributed by atoms with Gasteiger partial charge in [-0.15, -0.1) is 0 Å². The quantitative estimate of drug-likeness (QED) is 0.596. The van der Waals surface area contributed by atoms with Gasteiger partial charge in [0.05, 0.1) is 0 Å². The van der Waals surface area contributed by atoms with Gasteiger partial charge in [0, 0.05) is 11.8 Å². The van der Waals surface area contributed by atoms with Crippen LogP contribution in [-0.2, 0) is 4.79 Å². The van der Waals surface area contributed by atoms with Gasteiger partial charge in [-0.1, -0.05) is 32.4 Å². The normalized spacial score (nSPS) is 34.2. The Morgan fingerprint density at radius 3 is 2.77 bits per heavy atom. The fraction of sp³-hybridized carbons (Fsp3) is 0.750. The molecule has 1 nitrogen and oxygen atoms in total. The van der Waals surface area contributed by atoms with Gasteiger partial charge in [0.2, 0.25) is 0 Å². The monoisotopic (exact) mass is 180 g/mol. The zero-order chi connectivity index (χ0) is 10.1. The van der Waals surface area contributed by atoms with Crippen molar-refractivity contribution in [1.82, 2.24) is 0 Å². The van der Waals surface area contributed by atoms with E-state index < -0.39 is 0 Å². The Morgan fingerprint density at radius 1 is 1.69 bits per heavy atom. The SMILES string of the molecule is CCC(=O)C1(C)CC=C(C)CC1C. The highest BCUT2D eigenvalue weighted by molar-refractivity contribution is 5.84. The molecule has 1 heteroatoms. The van der Waals surface area contributed by atoms with Crippen molar-refractivity contribution < 1.29 is 4.79 Å². The van der Waals surface area contributed by atoms with E-state index in [1.54, 1.807) is 0 Å². The number of carbonyl (C=O) groups is 1. The molecule has 2 unspecified atom stereocenters. The van der Waals surface area contributed by atoms with Gasteiger partial charge in [-0.05, 0) is 25.7 Å². The first-order chi connectivity index (χ1) is 6.00. The molecular weight excluding hydrogens is 160 g/mol. The van der Waals surface area contributed by atoms with Gasteiger partial charge in [-0.25, -0.2) is 0 Å². The van der Waals surface area contributed by atoms with E-state index in [9.17, 15) is 4.79 Å². The molecule has 13 heavy (non-hydrogen) atoms. The van der Waals surface area contributed by atoms with Gasteiger partial charge in [0.25, 0.3) is 0 Å². The molecule has 0 bridgehead atoms. The average molecular weight is 180 g/mol. The first kappa shape index (κ1) is 10.5. The molecule has 1 aliphatic carbocycles. The summed E-state index contributed by atoms with van der Waals surface area (Å²) in [6.45, 7) is 8.44. The van der Waals surface area contributed by atoms with Crippen LogP contribution in [0.15, 0.2) is 11.6 Å². The second kappa shape index (κ2) is 3.65. The summed E-state index contributed by atoms with van der Waals surface area (Å²) in [5, 5.41) is 0. The van der Waals surface area contributed by atoms with E-state index in [4.69, 9.17) is 0 Å². The lowest BCUT2D eigenvalue weighted by atomic mass is 9.66. The maximum absolute atomic E-state index is 11.8. The van der Waals surface area contributed by atoms with Crippen molar-refractivity contribution in [3.05, 3.63) is 11.6 Å². The molecule has 0 spiro atoms. The highest BCUT2D eigenvalue weighted by Crippen LogP contribution is 2.41. The van der Waals surface area contributed by atoms with Gasteiger partial charge in [-0.2, -0.15) is 0 Å². The van der Waals surface area contributed by atoms with Crippen LogP contribution in [0.4, 0.5) is 0 Å². The fourth-order valence-corrected chi connectivity index (χ4v) is 2.17. The van der Waals surface area contributed by atoms with E-state index in [1.807, 2.05) is 6.92 Å². The van der Waals surface area contributed by atoms with Crippen LogP contribution in [0.25, 0.3) is 0 Å². The molecule has 0 saturated heterocycles. The van der Waals surface area contributed by atoms with Crippen LogP contribution in [0.1, 0.15) is 47.0 Å². The molecule has 0 aromatic rings. The van der Waals surface area contributed by atoms with Crippen LogP contribution < -0.4 is 0 Å². The zero-order valence-corrected chi connectivity index (χ0v) is 9.18. The van der Waals surface area contributed by atoms with Crippen molar-refractivity contribution in [2.24, 2.45) is 11.3 Å². The molecular formula is C12H20O. The Bertz CT molecular complexity index is 240. The number of ketones is 1. The van der Waals surface area contributed by atoms with Crippen molar-refractivity contribution >= 4 is 5.78 Å². The third-order valence-electron chi connectivity index (χ3n) is 3.55. The predicted molar refractivity (Wildman–Crippen MR) is 55.6 cm³/mol. The Hall–Kier alpha value is -0.590. The molecule has 0 heterocycles. The van der Waals surface area contributed by atoms with Gasteiger partial charge in [-0.3, -0.25) is 4.79 Å². The van der Waals surface area contributed by atoms with E-state index in [0.29, 0.717) is 18.1 Å². The fourth-order valence-electron chi connectivity index (χ4n) is 2.17. The Labute approximate surface area is 81.2 Å². The van der Waals surface area contributed by atoms with E-state index in [-0.39, 0.29) is 5.41 Å². The molecule has 0 fully saturated rings. The van der Waals surface area contributed by atoms with Gasteiger partial charge >= 0.3 is 0 Å². The van der Waals surface area contributed by atoms with Gasteiger partial charge in [0.15, 0.2) is 0 Å². The van der Waals surface area contributed by atoms with Crippen molar-refractivity contribution in [3.63, 3.8) is 0 Å². The molecule has 0 aromatic heterocycles. The van der Waals surface area contributed by atoms with Crippen molar-refractivity contribution in [1.29, 1.82) is 0 Å². The molecule has 0 saturated carbocycles. The summed E-state index contributed by atoms with van der Waals surface area (Å²) in [5.41, 5.74) is 1.35. The first-order valence-corrected chi connectivity index (χ1v) is 5.19.